The van der Waals surface area contributed by atoms with E-state index < -0.39 is 10.0 Å². The second-order valence-corrected chi connectivity index (χ2v) is 7.07. The van der Waals surface area contributed by atoms with Gasteiger partial charge in [0.1, 0.15) is 0 Å². The molecular formula is C17H20N2O3S. The number of rotatable bonds is 5. The molecule has 6 heteroatoms. The Morgan fingerprint density at radius 2 is 1.74 bits per heavy atom. The average Bonchev–Trinajstić information content (AvgIpc) is 2.49. The summed E-state index contributed by atoms with van der Waals surface area (Å²) in [5.74, 6) is -0.0812. The van der Waals surface area contributed by atoms with Gasteiger partial charge in [-0.15, -0.1) is 0 Å². The van der Waals surface area contributed by atoms with E-state index in [2.05, 4.69) is 5.32 Å². The quantitative estimate of drug-likeness (QED) is 0.878. The van der Waals surface area contributed by atoms with Crippen LogP contribution in [0.25, 0.3) is 0 Å². The Balaban J connectivity index is 2.02. The van der Waals surface area contributed by atoms with Crippen molar-refractivity contribution >= 4 is 15.9 Å². The van der Waals surface area contributed by atoms with Crippen LogP contribution in [0, 0.1) is 6.92 Å². The highest BCUT2D eigenvalue weighted by Crippen LogP contribution is 2.16. The fourth-order valence-corrected chi connectivity index (χ4v) is 2.82. The van der Waals surface area contributed by atoms with E-state index in [4.69, 9.17) is 5.14 Å². The molecule has 0 spiro atoms. The fourth-order valence-electron chi connectivity index (χ4n) is 2.30. The van der Waals surface area contributed by atoms with Gasteiger partial charge in [0.2, 0.25) is 15.9 Å². The molecule has 3 N–H and O–H groups in total. The summed E-state index contributed by atoms with van der Waals surface area (Å²) < 4.78 is 22.5. The lowest BCUT2D eigenvalue weighted by Crippen LogP contribution is -2.28. The largest absolute Gasteiger partial charge is 0.349 e. The molecule has 2 rings (SSSR count). The van der Waals surface area contributed by atoms with Crippen molar-refractivity contribution in [2.75, 3.05) is 0 Å². The Kier molecular flexibility index (Phi) is 5.18. The van der Waals surface area contributed by atoms with Crippen molar-refractivity contribution in [1.29, 1.82) is 0 Å². The lowest BCUT2D eigenvalue weighted by Gasteiger charge is -2.15. The van der Waals surface area contributed by atoms with Crippen LogP contribution in [0.3, 0.4) is 0 Å². The number of hydrogen-bond acceptors (Lipinski definition) is 3. The summed E-state index contributed by atoms with van der Waals surface area (Å²) in [4.78, 5) is 12.2. The minimum Gasteiger partial charge on any atom is -0.349 e. The Labute approximate surface area is 136 Å². The summed E-state index contributed by atoms with van der Waals surface area (Å²) in [6.07, 6.45) is 0.312. The van der Waals surface area contributed by atoms with Crippen molar-refractivity contribution in [3.05, 3.63) is 65.2 Å². The first kappa shape index (κ1) is 17.2. The van der Waals surface area contributed by atoms with Gasteiger partial charge in [0.05, 0.1) is 17.4 Å². The number of primary sulfonamides is 1. The minimum atomic E-state index is -3.70. The maximum Gasteiger partial charge on any atom is 0.238 e. The van der Waals surface area contributed by atoms with E-state index in [9.17, 15) is 13.2 Å². The second kappa shape index (κ2) is 6.93. The number of aryl methyl sites for hydroxylation is 1. The van der Waals surface area contributed by atoms with Crippen LogP contribution in [-0.4, -0.2) is 14.3 Å². The van der Waals surface area contributed by atoms with Crippen molar-refractivity contribution in [3.8, 4) is 0 Å². The van der Waals surface area contributed by atoms with Crippen molar-refractivity contribution < 1.29 is 13.2 Å². The molecule has 0 bridgehead atoms. The highest BCUT2D eigenvalue weighted by atomic mass is 32.2. The molecule has 5 nitrogen and oxygen atoms in total. The molecule has 2 aromatic carbocycles. The third-order valence-corrected chi connectivity index (χ3v) is 4.63. The van der Waals surface area contributed by atoms with E-state index >= 15 is 0 Å². The molecule has 0 fully saturated rings. The van der Waals surface area contributed by atoms with Gasteiger partial charge in [-0.2, -0.15) is 0 Å². The number of amides is 1. The van der Waals surface area contributed by atoms with Crippen LogP contribution < -0.4 is 10.5 Å². The van der Waals surface area contributed by atoms with Crippen LogP contribution in [0.5, 0.6) is 0 Å². The molecule has 2 aromatic rings. The molecule has 0 heterocycles. The van der Waals surface area contributed by atoms with E-state index in [1.165, 1.54) is 12.1 Å². The summed E-state index contributed by atoms with van der Waals surface area (Å²) in [5, 5.41) is 7.98. The van der Waals surface area contributed by atoms with Gasteiger partial charge in [-0.05, 0) is 42.7 Å². The molecule has 0 saturated heterocycles. The van der Waals surface area contributed by atoms with Crippen LogP contribution in [0.1, 0.15) is 29.7 Å². The maximum atomic E-state index is 12.1. The summed E-state index contributed by atoms with van der Waals surface area (Å²) in [7, 11) is -3.70. The lowest BCUT2D eigenvalue weighted by molar-refractivity contribution is -0.121. The molecule has 0 radical (unpaired) electrons. The first-order valence-corrected chi connectivity index (χ1v) is 8.78. The maximum absolute atomic E-state index is 12.1. The van der Waals surface area contributed by atoms with E-state index in [0.717, 1.165) is 16.7 Å². The molecule has 1 amide bonds. The number of nitrogens with two attached hydrogens (primary N) is 1. The van der Waals surface area contributed by atoms with Crippen LogP contribution >= 0.6 is 0 Å². The molecule has 0 aromatic heterocycles. The van der Waals surface area contributed by atoms with Gasteiger partial charge in [0.15, 0.2) is 0 Å². The molecule has 1 atom stereocenters. The standard InChI is InChI=1S/C17H20N2O3S/c1-12-5-3-4-6-15(12)11-17(20)19-13(2)14-7-9-16(10-8-14)23(18,21)22/h3-10,13H,11H2,1-2H3,(H,19,20)(H2,18,21,22)/t13-/m0/s1. The van der Waals surface area contributed by atoms with Gasteiger partial charge < -0.3 is 5.32 Å². The normalized spacial score (nSPS) is 12.7. The zero-order chi connectivity index (χ0) is 17.0. The van der Waals surface area contributed by atoms with E-state index in [1.54, 1.807) is 12.1 Å². The molecular weight excluding hydrogens is 312 g/mol. The summed E-state index contributed by atoms with van der Waals surface area (Å²) in [5.41, 5.74) is 2.88. The van der Waals surface area contributed by atoms with Crippen molar-refractivity contribution in [3.63, 3.8) is 0 Å². The predicted molar refractivity (Wildman–Crippen MR) is 89.3 cm³/mol. The molecule has 0 aliphatic heterocycles. The average molecular weight is 332 g/mol. The number of sulfonamides is 1. The molecule has 0 unspecified atom stereocenters. The number of carbonyl (C=O) groups excluding carboxylic acids is 1. The molecule has 0 saturated carbocycles. The van der Waals surface area contributed by atoms with Gasteiger partial charge in [0.25, 0.3) is 0 Å². The first-order chi connectivity index (χ1) is 10.8. The Morgan fingerprint density at radius 3 is 2.30 bits per heavy atom. The van der Waals surface area contributed by atoms with Crippen LogP contribution in [-0.2, 0) is 21.2 Å². The molecule has 0 aliphatic carbocycles. The van der Waals surface area contributed by atoms with Gasteiger partial charge in [-0.1, -0.05) is 36.4 Å². The minimum absolute atomic E-state index is 0.0553. The van der Waals surface area contributed by atoms with E-state index in [0.29, 0.717) is 6.42 Å². The summed E-state index contributed by atoms with van der Waals surface area (Å²) in [6, 6.07) is 13.7. The third-order valence-electron chi connectivity index (χ3n) is 3.70. The number of carbonyl (C=O) groups is 1. The summed E-state index contributed by atoms with van der Waals surface area (Å²) >= 11 is 0. The van der Waals surface area contributed by atoms with Gasteiger partial charge in [-0.3, -0.25) is 4.79 Å². The Morgan fingerprint density at radius 1 is 1.13 bits per heavy atom. The SMILES string of the molecule is Cc1ccccc1CC(=O)N[C@@H](C)c1ccc(S(N)(=O)=O)cc1. The van der Waals surface area contributed by atoms with E-state index in [1.807, 2.05) is 38.1 Å². The smallest absolute Gasteiger partial charge is 0.238 e. The highest BCUT2D eigenvalue weighted by Gasteiger charge is 2.13. The first-order valence-electron chi connectivity index (χ1n) is 7.24. The highest BCUT2D eigenvalue weighted by molar-refractivity contribution is 7.89. The lowest BCUT2D eigenvalue weighted by atomic mass is 10.0. The molecule has 23 heavy (non-hydrogen) atoms. The van der Waals surface area contributed by atoms with Crippen LogP contribution in [0.2, 0.25) is 0 Å². The molecule has 122 valence electrons. The van der Waals surface area contributed by atoms with E-state index in [-0.39, 0.29) is 16.8 Å². The Hall–Kier alpha value is -2.18. The number of hydrogen-bond donors (Lipinski definition) is 2. The monoisotopic (exact) mass is 332 g/mol. The number of benzene rings is 2. The molecule has 0 aliphatic rings. The van der Waals surface area contributed by atoms with Crippen LogP contribution in [0.4, 0.5) is 0 Å². The zero-order valence-electron chi connectivity index (χ0n) is 13.1. The van der Waals surface area contributed by atoms with Gasteiger partial charge in [0, 0.05) is 0 Å². The summed E-state index contributed by atoms with van der Waals surface area (Å²) in [6.45, 7) is 3.82. The predicted octanol–water partition coefficient (Wildman–Crippen LogP) is 2.06. The zero-order valence-corrected chi connectivity index (χ0v) is 13.9. The van der Waals surface area contributed by atoms with Crippen molar-refractivity contribution in [2.24, 2.45) is 5.14 Å². The van der Waals surface area contributed by atoms with Crippen molar-refractivity contribution in [2.45, 2.75) is 31.2 Å². The second-order valence-electron chi connectivity index (χ2n) is 5.51. The number of nitrogens with one attached hydrogen (secondary N) is 1. The third kappa shape index (κ3) is 4.64. The van der Waals surface area contributed by atoms with Crippen LogP contribution in [0.15, 0.2) is 53.4 Å². The van der Waals surface area contributed by atoms with Gasteiger partial charge in [-0.25, -0.2) is 13.6 Å². The topological polar surface area (TPSA) is 89.3 Å². The van der Waals surface area contributed by atoms with Crippen molar-refractivity contribution in [1.82, 2.24) is 5.32 Å². The Bertz CT molecular complexity index is 799. The fraction of sp³-hybridized carbons (Fsp3) is 0.235. The van der Waals surface area contributed by atoms with Gasteiger partial charge >= 0.3 is 0 Å².